The molecule has 0 aliphatic heterocycles. The first-order valence-electron chi connectivity index (χ1n) is 7.82. The third-order valence-electron chi connectivity index (χ3n) is 3.92. The lowest BCUT2D eigenvalue weighted by molar-refractivity contribution is 0.378. The van der Waals surface area contributed by atoms with Crippen molar-refractivity contribution >= 4 is 17.4 Å². The molecule has 0 amide bonds. The van der Waals surface area contributed by atoms with Gasteiger partial charge in [0, 0.05) is 17.5 Å². The summed E-state index contributed by atoms with van der Waals surface area (Å²) >= 11 is 1.74. The van der Waals surface area contributed by atoms with E-state index in [0.29, 0.717) is 0 Å². The van der Waals surface area contributed by atoms with Crippen LogP contribution >= 0.6 is 11.3 Å². The van der Waals surface area contributed by atoms with Gasteiger partial charge in [-0.1, -0.05) is 24.8 Å². The molecule has 0 aromatic carbocycles. The van der Waals surface area contributed by atoms with Crippen LogP contribution in [-0.2, 0) is 0 Å². The molecule has 3 heteroatoms. The molecule has 1 heterocycles. The van der Waals surface area contributed by atoms with E-state index in [1.165, 1.54) is 32.1 Å². The number of hydrogen-bond acceptors (Lipinski definition) is 3. The van der Waals surface area contributed by atoms with E-state index in [1.54, 1.807) is 16.9 Å². The molecule has 0 bridgehead atoms. The van der Waals surface area contributed by atoms with Crippen LogP contribution in [0, 0.1) is 12.8 Å². The molecule has 1 N–H and O–H groups in total. The molecule has 1 aliphatic rings. The highest BCUT2D eigenvalue weighted by Gasteiger charge is 2.19. The van der Waals surface area contributed by atoms with Gasteiger partial charge in [0.25, 0.3) is 0 Å². The van der Waals surface area contributed by atoms with Crippen molar-refractivity contribution < 1.29 is 0 Å². The summed E-state index contributed by atoms with van der Waals surface area (Å²) in [7, 11) is 0. The van der Waals surface area contributed by atoms with Gasteiger partial charge in [-0.2, -0.15) is 0 Å². The highest BCUT2D eigenvalue weighted by molar-refractivity contribution is 7.09. The van der Waals surface area contributed by atoms with E-state index in [9.17, 15) is 0 Å². The average molecular weight is 292 g/mol. The van der Waals surface area contributed by atoms with Crippen molar-refractivity contribution in [3.05, 3.63) is 21.7 Å². The fourth-order valence-corrected chi connectivity index (χ4v) is 3.36. The molecule has 1 aromatic rings. The van der Waals surface area contributed by atoms with Crippen LogP contribution in [0.3, 0.4) is 0 Å². The van der Waals surface area contributed by atoms with Crippen LogP contribution < -0.4 is 5.32 Å². The summed E-state index contributed by atoms with van der Waals surface area (Å²) in [5.74, 6) is 0.751. The summed E-state index contributed by atoms with van der Waals surface area (Å²) in [5, 5.41) is 6.99. The van der Waals surface area contributed by atoms with Gasteiger partial charge < -0.3 is 5.32 Å². The second-order valence-electron chi connectivity index (χ2n) is 6.95. The largest absolute Gasteiger partial charge is 0.308 e. The van der Waals surface area contributed by atoms with Crippen LogP contribution in [-0.4, -0.2) is 17.1 Å². The molecular formula is C17H28N2S. The fourth-order valence-electron chi connectivity index (χ4n) is 2.79. The Bertz CT molecular complexity index is 448. The molecule has 2 nitrogen and oxygen atoms in total. The van der Waals surface area contributed by atoms with Crippen LogP contribution in [0.15, 0.2) is 11.0 Å². The Morgan fingerprint density at radius 1 is 1.35 bits per heavy atom. The Morgan fingerprint density at radius 2 is 2.05 bits per heavy atom. The van der Waals surface area contributed by atoms with Crippen LogP contribution in [0.4, 0.5) is 0 Å². The molecule has 0 unspecified atom stereocenters. The molecule has 1 aliphatic carbocycles. The quantitative estimate of drug-likeness (QED) is 0.862. The van der Waals surface area contributed by atoms with Gasteiger partial charge in [0.1, 0.15) is 0 Å². The topological polar surface area (TPSA) is 24.9 Å². The molecule has 1 aromatic heterocycles. The lowest BCUT2D eigenvalue weighted by Gasteiger charge is -2.28. The average Bonchev–Trinajstić information content (AvgIpc) is 2.80. The fraction of sp³-hybridized carbons (Fsp3) is 0.706. The first kappa shape index (κ1) is 15.7. The standard InChI is InChI=1S/C17H28N2S/c1-13-19-16(12-20-13)10-15(11-18-17(2,3)4)14-8-6-5-7-9-14/h10,12,14,18H,5-9,11H2,1-4H3/b15-10-. The first-order chi connectivity index (χ1) is 9.44. The maximum atomic E-state index is 4.60. The zero-order valence-electron chi connectivity index (χ0n) is 13.3. The maximum Gasteiger partial charge on any atom is 0.0901 e. The Morgan fingerprint density at radius 3 is 2.60 bits per heavy atom. The summed E-state index contributed by atoms with van der Waals surface area (Å²) < 4.78 is 0. The molecule has 1 saturated carbocycles. The van der Waals surface area contributed by atoms with Gasteiger partial charge in [-0.15, -0.1) is 11.3 Å². The smallest absolute Gasteiger partial charge is 0.0901 e. The van der Waals surface area contributed by atoms with Gasteiger partial charge in [0.15, 0.2) is 0 Å². The van der Waals surface area contributed by atoms with Gasteiger partial charge in [-0.3, -0.25) is 0 Å². The number of nitrogens with one attached hydrogen (secondary N) is 1. The molecule has 1 fully saturated rings. The maximum absolute atomic E-state index is 4.60. The SMILES string of the molecule is Cc1nc(/C=C(/CNC(C)(C)C)C2CCCCC2)cs1. The van der Waals surface area contributed by atoms with Crippen molar-refractivity contribution in [3.63, 3.8) is 0 Å². The molecule has 0 spiro atoms. The van der Waals surface area contributed by atoms with E-state index in [2.05, 4.69) is 49.5 Å². The van der Waals surface area contributed by atoms with Crippen molar-refractivity contribution in [3.8, 4) is 0 Å². The van der Waals surface area contributed by atoms with Gasteiger partial charge >= 0.3 is 0 Å². The van der Waals surface area contributed by atoms with Gasteiger partial charge in [0.05, 0.1) is 10.7 Å². The monoisotopic (exact) mass is 292 g/mol. The van der Waals surface area contributed by atoms with Crippen LogP contribution in [0.5, 0.6) is 0 Å². The third-order valence-corrected chi connectivity index (χ3v) is 4.71. The Labute approximate surface area is 127 Å². The Hall–Kier alpha value is -0.670. The summed E-state index contributed by atoms with van der Waals surface area (Å²) in [5.41, 5.74) is 2.86. The summed E-state index contributed by atoms with van der Waals surface area (Å²) in [6.45, 7) is 9.77. The van der Waals surface area contributed by atoms with E-state index in [1.807, 2.05) is 0 Å². The predicted molar refractivity (Wildman–Crippen MR) is 89.2 cm³/mol. The molecular weight excluding hydrogens is 264 g/mol. The van der Waals surface area contributed by atoms with E-state index >= 15 is 0 Å². The summed E-state index contributed by atoms with van der Waals surface area (Å²) in [6, 6.07) is 0. The second-order valence-corrected chi connectivity index (χ2v) is 8.01. The third kappa shape index (κ3) is 5.02. The normalized spacial score (nSPS) is 18.5. The predicted octanol–water partition coefficient (Wildman–Crippen LogP) is 4.80. The Kier molecular flexibility index (Phi) is 5.39. The number of hydrogen-bond donors (Lipinski definition) is 1. The summed E-state index contributed by atoms with van der Waals surface area (Å²) in [4.78, 5) is 4.60. The molecule has 112 valence electrons. The zero-order chi connectivity index (χ0) is 14.6. The minimum absolute atomic E-state index is 0.172. The number of rotatable bonds is 4. The van der Waals surface area contributed by atoms with Crippen LogP contribution in [0.1, 0.15) is 63.6 Å². The molecule has 0 saturated heterocycles. The van der Waals surface area contributed by atoms with E-state index in [-0.39, 0.29) is 5.54 Å². The van der Waals surface area contributed by atoms with Gasteiger partial charge in [-0.25, -0.2) is 4.98 Å². The first-order valence-corrected chi connectivity index (χ1v) is 8.69. The molecule has 0 radical (unpaired) electrons. The van der Waals surface area contributed by atoms with E-state index < -0.39 is 0 Å². The van der Waals surface area contributed by atoms with Crippen molar-refractivity contribution in [2.24, 2.45) is 5.92 Å². The lowest BCUT2D eigenvalue weighted by Crippen LogP contribution is -2.38. The number of aromatic nitrogens is 1. The van der Waals surface area contributed by atoms with Crippen molar-refractivity contribution in [2.75, 3.05) is 6.54 Å². The lowest BCUT2D eigenvalue weighted by atomic mass is 9.83. The number of nitrogens with zero attached hydrogens (tertiary/aromatic N) is 1. The van der Waals surface area contributed by atoms with E-state index in [4.69, 9.17) is 0 Å². The minimum Gasteiger partial charge on any atom is -0.308 e. The molecule has 2 rings (SSSR count). The zero-order valence-corrected chi connectivity index (χ0v) is 14.1. The van der Waals surface area contributed by atoms with Crippen molar-refractivity contribution in [1.29, 1.82) is 0 Å². The second kappa shape index (κ2) is 6.86. The highest BCUT2D eigenvalue weighted by atomic mass is 32.1. The van der Waals surface area contributed by atoms with Crippen LogP contribution in [0.25, 0.3) is 6.08 Å². The minimum atomic E-state index is 0.172. The highest BCUT2D eigenvalue weighted by Crippen LogP contribution is 2.31. The van der Waals surface area contributed by atoms with Gasteiger partial charge in [-0.05, 0) is 52.5 Å². The van der Waals surface area contributed by atoms with Crippen LogP contribution in [0.2, 0.25) is 0 Å². The van der Waals surface area contributed by atoms with E-state index in [0.717, 1.165) is 23.2 Å². The van der Waals surface area contributed by atoms with Crippen molar-refractivity contribution in [1.82, 2.24) is 10.3 Å². The summed E-state index contributed by atoms with van der Waals surface area (Å²) in [6.07, 6.45) is 9.20. The number of thiazole rings is 1. The number of aryl methyl sites for hydroxylation is 1. The molecule has 0 atom stereocenters. The van der Waals surface area contributed by atoms with Crippen molar-refractivity contribution in [2.45, 2.75) is 65.3 Å². The van der Waals surface area contributed by atoms with Gasteiger partial charge in [0.2, 0.25) is 0 Å². The molecule has 20 heavy (non-hydrogen) atoms. The Balaban J connectivity index is 2.12.